The van der Waals surface area contributed by atoms with Gasteiger partial charge < -0.3 is 14.4 Å². The van der Waals surface area contributed by atoms with Crippen molar-refractivity contribution in [3.05, 3.63) is 17.7 Å². The molecule has 0 saturated carbocycles. The van der Waals surface area contributed by atoms with Gasteiger partial charge in [0.25, 0.3) is 0 Å². The molecule has 1 aliphatic rings. The van der Waals surface area contributed by atoms with Crippen LogP contribution in [0.2, 0.25) is 0 Å². The van der Waals surface area contributed by atoms with E-state index in [-0.39, 0.29) is 5.75 Å². The van der Waals surface area contributed by atoms with E-state index in [1.807, 2.05) is 6.07 Å². The third kappa shape index (κ3) is 4.17. The molecule has 0 aromatic heterocycles. The Kier molecular flexibility index (Phi) is 5.22. The highest BCUT2D eigenvalue weighted by Crippen LogP contribution is 2.37. The van der Waals surface area contributed by atoms with Crippen LogP contribution in [-0.2, 0) is 14.8 Å². The second kappa shape index (κ2) is 6.75. The van der Waals surface area contributed by atoms with E-state index in [1.165, 1.54) is 13.5 Å². The van der Waals surface area contributed by atoms with E-state index in [9.17, 15) is 8.42 Å². The second-order valence-corrected chi connectivity index (χ2v) is 7.84. The third-order valence-corrected chi connectivity index (χ3v) is 4.59. The van der Waals surface area contributed by atoms with Crippen LogP contribution in [0.1, 0.15) is 24.8 Å². The monoisotopic (exact) mass is 333 g/mol. The number of piperidine rings is 1. The fraction of sp³-hybridized carbons (Fsp3) is 0.571. The van der Waals surface area contributed by atoms with Gasteiger partial charge in [0, 0.05) is 35.4 Å². The van der Waals surface area contributed by atoms with Crippen molar-refractivity contribution in [2.24, 2.45) is 0 Å². The van der Waals surface area contributed by atoms with Gasteiger partial charge in [-0.3, -0.25) is 0 Å². The van der Waals surface area contributed by atoms with E-state index < -0.39 is 9.05 Å². The van der Waals surface area contributed by atoms with E-state index in [2.05, 4.69) is 4.90 Å². The van der Waals surface area contributed by atoms with Gasteiger partial charge in [-0.2, -0.15) is 0 Å². The van der Waals surface area contributed by atoms with Gasteiger partial charge in [-0.15, -0.1) is 0 Å². The number of benzene rings is 1. The Balaban J connectivity index is 2.42. The molecule has 0 amide bonds. The number of methoxy groups -OCH3 is 2. The van der Waals surface area contributed by atoms with Gasteiger partial charge >= 0.3 is 0 Å². The average Bonchev–Trinajstić information content (AvgIpc) is 2.46. The van der Waals surface area contributed by atoms with Crippen LogP contribution in [-0.4, -0.2) is 35.7 Å². The predicted octanol–water partition coefficient (Wildman–Crippen LogP) is 2.76. The normalized spacial score (nSPS) is 15.9. The maximum atomic E-state index is 11.3. The highest BCUT2D eigenvalue weighted by molar-refractivity contribution is 8.13. The summed E-state index contributed by atoms with van der Waals surface area (Å²) >= 11 is 0. The Bertz CT molecular complexity index is 597. The van der Waals surface area contributed by atoms with Gasteiger partial charge in [-0.1, -0.05) is 0 Å². The first-order valence-corrected chi connectivity index (χ1v) is 9.34. The molecule has 0 unspecified atom stereocenters. The zero-order valence-corrected chi connectivity index (χ0v) is 13.8. The lowest BCUT2D eigenvalue weighted by atomic mass is 10.1. The van der Waals surface area contributed by atoms with E-state index >= 15 is 0 Å². The molecule has 118 valence electrons. The minimum Gasteiger partial charge on any atom is -0.496 e. The first-order valence-electron chi connectivity index (χ1n) is 6.87. The number of rotatable bonds is 5. The Morgan fingerprint density at radius 2 is 1.71 bits per heavy atom. The first kappa shape index (κ1) is 16.2. The highest BCUT2D eigenvalue weighted by Gasteiger charge is 2.20. The summed E-state index contributed by atoms with van der Waals surface area (Å²) < 4.78 is 33.4. The Morgan fingerprint density at radius 1 is 1.10 bits per heavy atom. The minimum atomic E-state index is -3.65. The van der Waals surface area contributed by atoms with Crippen LogP contribution in [0.5, 0.6) is 11.5 Å². The van der Waals surface area contributed by atoms with Crippen LogP contribution < -0.4 is 14.4 Å². The molecule has 0 aliphatic carbocycles. The molecular formula is C14H20ClNO4S. The molecule has 0 spiro atoms. The zero-order chi connectivity index (χ0) is 15.5. The van der Waals surface area contributed by atoms with Crippen LogP contribution in [0.25, 0.3) is 0 Å². The summed E-state index contributed by atoms with van der Waals surface area (Å²) in [6.07, 6.45) is 3.52. The van der Waals surface area contributed by atoms with E-state index in [4.69, 9.17) is 20.2 Å². The van der Waals surface area contributed by atoms with Crippen molar-refractivity contribution in [1.82, 2.24) is 0 Å². The average molecular weight is 334 g/mol. The maximum Gasteiger partial charge on any atom is 0.236 e. The van der Waals surface area contributed by atoms with Crippen molar-refractivity contribution >= 4 is 25.4 Å². The molecule has 1 aromatic rings. The molecular weight excluding hydrogens is 314 g/mol. The Morgan fingerprint density at radius 3 is 2.24 bits per heavy atom. The van der Waals surface area contributed by atoms with Gasteiger partial charge in [0.05, 0.1) is 25.7 Å². The van der Waals surface area contributed by atoms with E-state index in [1.54, 1.807) is 13.2 Å². The van der Waals surface area contributed by atoms with Crippen molar-refractivity contribution < 1.29 is 17.9 Å². The highest BCUT2D eigenvalue weighted by atomic mass is 35.7. The topological polar surface area (TPSA) is 55.8 Å². The van der Waals surface area contributed by atoms with Crippen molar-refractivity contribution in [3.63, 3.8) is 0 Å². The van der Waals surface area contributed by atoms with Crippen molar-refractivity contribution in [3.8, 4) is 11.5 Å². The molecule has 0 N–H and O–H groups in total. The van der Waals surface area contributed by atoms with Crippen molar-refractivity contribution in [2.45, 2.75) is 25.0 Å². The van der Waals surface area contributed by atoms with Gasteiger partial charge in [0.2, 0.25) is 9.05 Å². The molecule has 21 heavy (non-hydrogen) atoms. The van der Waals surface area contributed by atoms with Crippen LogP contribution in [0, 0.1) is 0 Å². The van der Waals surface area contributed by atoms with Gasteiger partial charge in [0.1, 0.15) is 11.5 Å². The Labute approximate surface area is 130 Å². The van der Waals surface area contributed by atoms with E-state index in [0.29, 0.717) is 17.1 Å². The van der Waals surface area contributed by atoms with Gasteiger partial charge in [0.15, 0.2) is 0 Å². The molecule has 0 atom stereocenters. The summed E-state index contributed by atoms with van der Waals surface area (Å²) in [6, 6.07) is 3.53. The summed E-state index contributed by atoms with van der Waals surface area (Å²) in [5.41, 5.74) is 1.44. The van der Waals surface area contributed by atoms with Gasteiger partial charge in [-0.05, 0) is 25.3 Å². The number of ether oxygens (including phenoxy) is 2. The SMILES string of the molecule is COc1cc(N2CCCCC2)c(OC)cc1CS(=O)(=O)Cl. The smallest absolute Gasteiger partial charge is 0.236 e. The standard InChI is InChI=1S/C14H20ClNO4S/c1-19-13-9-12(16-6-4-3-5-7-16)14(20-2)8-11(13)10-21(15,17)18/h8-9H,3-7,10H2,1-2H3. The summed E-state index contributed by atoms with van der Waals surface area (Å²) in [6.45, 7) is 1.93. The quantitative estimate of drug-likeness (QED) is 0.775. The summed E-state index contributed by atoms with van der Waals surface area (Å²) in [4.78, 5) is 2.24. The van der Waals surface area contributed by atoms with Crippen molar-refractivity contribution in [1.29, 1.82) is 0 Å². The first-order chi connectivity index (χ1) is 9.94. The zero-order valence-electron chi connectivity index (χ0n) is 12.3. The van der Waals surface area contributed by atoms with Crippen LogP contribution in [0.3, 0.4) is 0 Å². The number of hydrogen-bond donors (Lipinski definition) is 0. The van der Waals surface area contributed by atoms with Gasteiger partial charge in [-0.25, -0.2) is 8.42 Å². The molecule has 1 saturated heterocycles. The molecule has 1 heterocycles. The molecule has 5 nitrogen and oxygen atoms in total. The fourth-order valence-electron chi connectivity index (χ4n) is 2.63. The lowest BCUT2D eigenvalue weighted by molar-refractivity contribution is 0.398. The molecule has 0 bridgehead atoms. The number of nitrogens with zero attached hydrogens (tertiary/aromatic N) is 1. The second-order valence-electron chi connectivity index (χ2n) is 5.07. The Hall–Kier alpha value is -1.14. The fourth-order valence-corrected chi connectivity index (χ4v) is 3.58. The maximum absolute atomic E-state index is 11.3. The molecule has 1 fully saturated rings. The molecule has 7 heteroatoms. The predicted molar refractivity (Wildman–Crippen MR) is 84.1 cm³/mol. The van der Waals surface area contributed by atoms with Crippen LogP contribution in [0.4, 0.5) is 5.69 Å². The van der Waals surface area contributed by atoms with Crippen molar-refractivity contribution in [2.75, 3.05) is 32.2 Å². The number of halogens is 1. The largest absolute Gasteiger partial charge is 0.496 e. The number of anilines is 1. The summed E-state index contributed by atoms with van der Waals surface area (Å²) in [7, 11) is 4.79. The lowest BCUT2D eigenvalue weighted by Gasteiger charge is -2.30. The van der Waals surface area contributed by atoms with Crippen LogP contribution in [0.15, 0.2) is 12.1 Å². The minimum absolute atomic E-state index is 0.283. The molecule has 2 rings (SSSR count). The number of hydrogen-bond acceptors (Lipinski definition) is 5. The molecule has 1 aromatic carbocycles. The summed E-state index contributed by atoms with van der Waals surface area (Å²) in [5.74, 6) is 0.877. The lowest BCUT2D eigenvalue weighted by Crippen LogP contribution is -2.29. The molecule has 0 radical (unpaired) electrons. The molecule has 1 aliphatic heterocycles. The van der Waals surface area contributed by atoms with E-state index in [0.717, 1.165) is 31.6 Å². The summed E-state index contributed by atoms with van der Waals surface area (Å²) in [5, 5.41) is 0. The van der Waals surface area contributed by atoms with Crippen LogP contribution >= 0.6 is 10.7 Å². The third-order valence-electron chi connectivity index (χ3n) is 3.61.